The zero-order chi connectivity index (χ0) is 31.1. The van der Waals surface area contributed by atoms with Crippen LogP contribution in [0.1, 0.15) is 31.4 Å². The molecule has 4 atom stereocenters. The average Bonchev–Trinajstić information content (AvgIpc) is 3.58. The summed E-state index contributed by atoms with van der Waals surface area (Å²) < 4.78 is 0. The Labute approximate surface area is 254 Å². The molecule has 12 heteroatoms. The Morgan fingerprint density at radius 1 is 0.767 bits per heavy atom. The van der Waals surface area contributed by atoms with Gasteiger partial charge in [-0.15, -0.1) is 0 Å². The average molecular weight is 607 g/mol. The Hall–Kier alpha value is -4.29. The number of nitrogens with two attached hydrogens (primary N) is 1. The van der Waals surface area contributed by atoms with Gasteiger partial charge in [0, 0.05) is 52.8 Å². The smallest absolute Gasteiger partial charge is 0.326 e. The molecule has 2 aromatic heterocycles. The number of carboxylic acid groups (broad SMARTS) is 1. The third-order valence-electron chi connectivity index (χ3n) is 7.32. The van der Waals surface area contributed by atoms with E-state index in [2.05, 4.69) is 38.5 Å². The maximum Gasteiger partial charge on any atom is 0.326 e. The van der Waals surface area contributed by atoms with Crippen LogP contribution in [0.3, 0.4) is 0 Å². The molecule has 43 heavy (non-hydrogen) atoms. The fourth-order valence-electron chi connectivity index (χ4n) is 5.08. The van der Waals surface area contributed by atoms with E-state index in [1.807, 2.05) is 62.4 Å². The molecule has 0 bridgehead atoms. The Morgan fingerprint density at radius 2 is 1.23 bits per heavy atom. The molecule has 0 aliphatic rings. The van der Waals surface area contributed by atoms with E-state index in [1.54, 1.807) is 12.4 Å². The zero-order valence-corrected chi connectivity index (χ0v) is 25.0. The lowest BCUT2D eigenvalue weighted by Gasteiger charge is -2.25. The number of amides is 3. The van der Waals surface area contributed by atoms with Crippen LogP contribution in [-0.4, -0.2) is 68.7 Å². The van der Waals surface area contributed by atoms with Crippen molar-refractivity contribution in [3.8, 4) is 0 Å². The van der Waals surface area contributed by atoms with Gasteiger partial charge in [-0.3, -0.25) is 14.4 Å². The maximum absolute atomic E-state index is 13.6. The zero-order valence-electron chi connectivity index (χ0n) is 24.1. The van der Waals surface area contributed by atoms with Gasteiger partial charge in [0.25, 0.3) is 0 Å². The van der Waals surface area contributed by atoms with Gasteiger partial charge in [-0.2, -0.15) is 12.6 Å². The van der Waals surface area contributed by atoms with E-state index >= 15 is 0 Å². The number of hydrogen-bond donors (Lipinski definition) is 8. The van der Waals surface area contributed by atoms with Crippen molar-refractivity contribution >= 4 is 58.1 Å². The summed E-state index contributed by atoms with van der Waals surface area (Å²) >= 11 is 4.25. The minimum atomic E-state index is -1.25. The summed E-state index contributed by atoms with van der Waals surface area (Å²) in [5.74, 6) is -2.95. The summed E-state index contributed by atoms with van der Waals surface area (Å²) in [4.78, 5) is 58.1. The van der Waals surface area contributed by atoms with Gasteiger partial charge in [-0.25, -0.2) is 4.79 Å². The highest BCUT2D eigenvalue weighted by molar-refractivity contribution is 7.80. The predicted molar refractivity (Wildman–Crippen MR) is 169 cm³/mol. The van der Waals surface area contributed by atoms with E-state index in [-0.39, 0.29) is 24.5 Å². The Bertz CT molecular complexity index is 1600. The summed E-state index contributed by atoms with van der Waals surface area (Å²) in [6.07, 6.45) is 4.09. The molecule has 2 aromatic carbocycles. The lowest BCUT2D eigenvalue weighted by atomic mass is 10.0. The lowest BCUT2D eigenvalue weighted by molar-refractivity contribution is -0.142. The normalized spacial score (nSPS) is 14.3. The number of aliphatic carboxylic acids is 1. The van der Waals surface area contributed by atoms with Gasteiger partial charge < -0.3 is 36.8 Å². The number of rotatable bonds is 14. The number of thiol groups is 1. The number of benzene rings is 2. The molecule has 3 amide bonds. The van der Waals surface area contributed by atoms with Gasteiger partial charge in [-0.05, 0) is 35.6 Å². The van der Waals surface area contributed by atoms with Crippen LogP contribution in [0, 0.1) is 5.92 Å². The molecule has 11 nitrogen and oxygen atoms in total. The van der Waals surface area contributed by atoms with Crippen LogP contribution in [0.2, 0.25) is 0 Å². The molecule has 4 rings (SSSR count). The minimum absolute atomic E-state index is 0.0330. The van der Waals surface area contributed by atoms with Gasteiger partial charge in [0.1, 0.15) is 18.1 Å². The standard InChI is InChI=1S/C31H38N6O5S/c1-17(2)11-22(32)28(38)35-25(12-18-14-33-23-9-5-3-7-20(18)23)29(39)37-27(16-43)30(40)36-26(31(41)42)13-19-15-34-24-10-6-4-8-21(19)24/h3-10,14-15,17,22,25-27,33-34,43H,11-13,16,32H2,1-2H3,(H,35,38)(H,36,40)(H,37,39)(H,41,42). The van der Waals surface area contributed by atoms with Crippen LogP contribution in [-0.2, 0) is 32.0 Å². The topological polar surface area (TPSA) is 182 Å². The van der Waals surface area contributed by atoms with Crippen LogP contribution in [0.25, 0.3) is 21.8 Å². The minimum Gasteiger partial charge on any atom is -0.480 e. The first kappa shape index (κ1) is 31.6. The van der Waals surface area contributed by atoms with Crippen LogP contribution >= 0.6 is 12.6 Å². The van der Waals surface area contributed by atoms with E-state index in [9.17, 15) is 24.3 Å². The second-order valence-electron chi connectivity index (χ2n) is 11.1. The van der Waals surface area contributed by atoms with Crippen molar-refractivity contribution in [3.63, 3.8) is 0 Å². The predicted octanol–water partition coefficient (Wildman–Crippen LogP) is 2.28. The van der Waals surface area contributed by atoms with Crippen molar-refractivity contribution in [2.45, 2.75) is 57.3 Å². The number of nitrogens with one attached hydrogen (secondary N) is 5. The molecule has 0 aliphatic carbocycles. The fourth-order valence-corrected chi connectivity index (χ4v) is 5.34. The van der Waals surface area contributed by atoms with Crippen molar-refractivity contribution < 1.29 is 24.3 Å². The number of H-pyrrole nitrogens is 2. The number of aromatic amines is 2. The lowest BCUT2D eigenvalue weighted by Crippen LogP contribution is -2.58. The van der Waals surface area contributed by atoms with E-state index in [0.717, 1.165) is 32.9 Å². The summed E-state index contributed by atoms with van der Waals surface area (Å²) in [6, 6.07) is 10.8. The number of carboxylic acids is 1. The number of hydrogen-bond acceptors (Lipinski definition) is 6. The first-order valence-corrected chi connectivity index (χ1v) is 14.8. The molecule has 0 spiro atoms. The van der Waals surface area contributed by atoms with Crippen LogP contribution in [0.15, 0.2) is 60.9 Å². The molecular weight excluding hydrogens is 568 g/mol. The summed E-state index contributed by atoms with van der Waals surface area (Å²) in [5, 5.41) is 19.6. The molecule has 4 unspecified atom stereocenters. The highest BCUT2D eigenvalue weighted by Crippen LogP contribution is 2.21. The van der Waals surface area contributed by atoms with Crippen LogP contribution in [0.5, 0.6) is 0 Å². The van der Waals surface area contributed by atoms with Gasteiger partial charge in [0.15, 0.2) is 0 Å². The number of carbonyl (C=O) groups is 4. The molecular formula is C31H38N6O5S. The Kier molecular flexibility index (Phi) is 10.5. The van der Waals surface area contributed by atoms with Crippen molar-refractivity contribution in [1.29, 1.82) is 0 Å². The molecule has 0 saturated carbocycles. The van der Waals surface area contributed by atoms with E-state index in [4.69, 9.17) is 5.73 Å². The van der Waals surface area contributed by atoms with Gasteiger partial charge >= 0.3 is 5.97 Å². The molecule has 0 radical (unpaired) electrons. The number of carbonyl (C=O) groups excluding carboxylic acids is 3. The molecule has 4 aromatic rings. The Morgan fingerprint density at radius 3 is 1.74 bits per heavy atom. The first-order chi connectivity index (χ1) is 20.6. The maximum atomic E-state index is 13.6. The third kappa shape index (κ3) is 7.96. The first-order valence-electron chi connectivity index (χ1n) is 14.2. The van der Waals surface area contributed by atoms with Gasteiger partial charge in [0.2, 0.25) is 17.7 Å². The van der Waals surface area contributed by atoms with Crippen molar-refractivity contribution in [2.24, 2.45) is 11.7 Å². The summed E-state index contributed by atoms with van der Waals surface area (Å²) in [6.45, 7) is 3.89. The van der Waals surface area contributed by atoms with Crippen LogP contribution < -0.4 is 21.7 Å². The van der Waals surface area contributed by atoms with Crippen molar-refractivity contribution in [3.05, 3.63) is 72.1 Å². The molecule has 228 valence electrons. The number of aromatic nitrogens is 2. The Balaban J connectivity index is 1.49. The van der Waals surface area contributed by atoms with E-state index < -0.39 is 47.9 Å². The molecule has 0 aliphatic heterocycles. The molecule has 8 N–H and O–H groups in total. The summed E-state index contributed by atoms with van der Waals surface area (Å²) in [7, 11) is 0. The van der Waals surface area contributed by atoms with E-state index in [1.165, 1.54) is 0 Å². The van der Waals surface area contributed by atoms with Crippen molar-refractivity contribution in [2.75, 3.05) is 5.75 Å². The monoisotopic (exact) mass is 606 g/mol. The highest BCUT2D eigenvalue weighted by Gasteiger charge is 2.31. The molecule has 0 fully saturated rings. The van der Waals surface area contributed by atoms with E-state index in [0.29, 0.717) is 6.42 Å². The van der Waals surface area contributed by atoms with Gasteiger partial charge in [0.05, 0.1) is 6.04 Å². The highest BCUT2D eigenvalue weighted by atomic mass is 32.1. The quantitative estimate of drug-likeness (QED) is 0.102. The second-order valence-corrected chi connectivity index (χ2v) is 11.4. The van der Waals surface area contributed by atoms with Crippen molar-refractivity contribution in [1.82, 2.24) is 25.9 Å². The van der Waals surface area contributed by atoms with Gasteiger partial charge in [-0.1, -0.05) is 50.2 Å². The fraction of sp³-hybridized carbons (Fsp3) is 0.355. The third-order valence-corrected chi connectivity index (χ3v) is 7.69. The summed E-state index contributed by atoms with van der Waals surface area (Å²) in [5.41, 5.74) is 9.35. The second kappa shape index (κ2) is 14.3. The molecule has 2 heterocycles. The SMILES string of the molecule is CC(C)CC(N)C(=O)NC(Cc1c[nH]c2ccccc12)C(=O)NC(CS)C(=O)NC(Cc1c[nH]c2ccccc12)C(=O)O. The number of para-hydroxylation sites is 2. The molecule has 0 saturated heterocycles. The largest absolute Gasteiger partial charge is 0.480 e. The number of fused-ring (bicyclic) bond motifs is 2. The van der Waals surface area contributed by atoms with Crippen LogP contribution in [0.4, 0.5) is 0 Å².